The third kappa shape index (κ3) is 5.37. The number of para-hydroxylation sites is 1. The van der Waals surface area contributed by atoms with Crippen molar-refractivity contribution < 1.29 is 14.6 Å². The zero-order valence-corrected chi connectivity index (χ0v) is 20.8. The van der Waals surface area contributed by atoms with E-state index in [1.54, 1.807) is 13.8 Å². The van der Waals surface area contributed by atoms with E-state index in [1.165, 1.54) is 34.9 Å². The Hall–Kier alpha value is -2.63. The van der Waals surface area contributed by atoms with E-state index in [9.17, 15) is 9.90 Å². The normalized spacial score (nSPS) is 15.7. The van der Waals surface area contributed by atoms with E-state index in [1.807, 2.05) is 19.1 Å². The zero-order valence-electron chi connectivity index (χ0n) is 20.8. The summed E-state index contributed by atoms with van der Waals surface area (Å²) < 4.78 is 7.96. The van der Waals surface area contributed by atoms with Gasteiger partial charge in [-0.1, -0.05) is 42.5 Å². The molecule has 0 radical (unpaired) electrons. The van der Waals surface area contributed by atoms with Crippen LogP contribution in [-0.2, 0) is 27.9 Å². The van der Waals surface area contributed by atoms with Crippen molar-refractivity contribution in [2.45, 2.75) is 57.9 Å². The van der Waals surface area contributed by atoms with Gasteiger partial charge in [0, 0.05) is 36.8 Å². The molecule has 0 atom stereocenters. The number of nitrogens with zero attached hydrogens (tertiary/aromatic N) is 2. The molecule has 1 saturated heterocycles. The number of hydrogen-bond donors (Lipinski definition) is 1. The lowest BCUT2D eigenvalue weighted by atomic mass is 9.84. The predicted octanol–water partition coefficient (Wildman–Crippen LogP) is 5.46. The molecule has 0 amide bonds. The molecule has 5 heteroatoms. The van der Waals surface area contributed by atoms with Crippen LogP contribution >= 0.6 is 0 Å². The minimum absolute atomic E-state index is 0.604. The Morgan fingerprint density at radius 2 is 1.76 bits per heavy atom. The first-order valence-electron chi connectivity index (χ1n) is 12.6. The number of carbonyl (C=O) groups is 1. The number of ether oxygens (including phenoxy) is 1. The molecule has 1 fully saturated rings. The second-order valence-electron chi connectivity index (χ2n) is 9.98. The van der Waals surface area contributed by atoms with Crippen molar-refractivity contribution in [2.24, 2.45) is 0 Å². The van der Waals surface area contributed by atoms with Crippen molar-refractivity contribution in [2.75, 3.05) is 32.8 Å². The second-order valence-corrected chi connectivity index (χ2v) is 9.98. The highest BCUT2D eigenvalue weighted by Crippen LogP contribution is 2.34. The van der Waals surface area contributed by atoms with Crippen LogP contribution in [0.15, 0.2) is 54.7 Å². The summed E-state index contributed by atoms with van der Waals surface area (Å²) in [5, 5.41) is 10.8. The molecule has 2 heterocycles. The highest BCUT2D eigenvalue weighted by molar-refractivity contribution is 5.84. The van der Waals surface area contributed by atoms with E-state index < -0.39 is 11.4 Å². The van der Waals surface area contributed by atoms with Gasteiger partial charge >= 0.3 is 5.97 Å². The monoisotopic (exact) mass is 462 g/mol. The Morgan fingerprint density at radius 3 is 2.44 bits per heavy atom. The van der Waals surface area contributed by atoms with Gasteiger partial charge in [0.1, 0.15) is 0 Å². The molecule has 34 heavy (non-hydrogen) atoms. The topological polar surface area (TPSA) is 54.7 Å². The average Bonchev–Trinajstić information content (AvgIpc) is 3.22. The fourth-order valence-electron chi connectivity index (χ4n) is 5.06. The van der Waals surface area contributed by atoms with Crippen molar-refractivity contribution in [3.05, 3.63) is 71.4 Å². The van der Waals surface area contributed by atoms with E-state index in [0.717, 1.165) is 51.4 Å². The minimum atomic E-state index is -0.855. The fraction of sp³-hybridized carbons (Fsp3) is 0.483. The zero-order chi connectivity index (χ0) is 24.1. The van der Waals surface area contributed by atoms with Crippen molar-refractivity contribution in [1.82, 2.24) is 9.47 Å². The summed E-state index contributed by atoms with van der Waals surface area (Å²) in [6.07, 6.45) is 5.73. The smallest absolute Gasteiger partial charge is 0.313 e. The molecule has 0 bridgehead atoms. The maximum atomic E-state index is 11.5. The van der Waals surface area contributed by atoms with Crippen LogP contribution in [0.1, 0.15) is 56.2 Å². The van der Waals surface area contributed by atoms with Gasteiger partial charge < -0.3 is 19.3 Å². The molecular formula is C29H38N2O3. The lowest BCUT2D eigenvalue weighted by molar-refractivity contribution is -0.142. The van der Waals surface area contributed by atoms with Gasteiger partial charge in [0.2, 0.25) is 0 Å². The number of carboxylic acids is 1. The van der Waals surface area contributed by atoms with Crippen molar-refractivity contribution >= 4 is 16.9 Å². The molecule has 0 aliphatic carbocycles. The maximum Gasteiger partial charge on any atom is 0.313 e. The van der Waals surface area contributed by atoms with E-state index >= 15 is 0 Å². The molecule has 3 aromatic rings. The van der Waals surface area contributed by atoms with E-state index in [0.29, 0.717) is 5.92 Å². The molecule has 4 rings (SSSR count). The first kappa shape index (κ1) is 24.5. The summed E-state index contributed by atoms with van der Waals surface area (Å²) >= 11 is 0. The molecule has 0 spiro atoms. The van der Waals surface area contributed by atoms with E-state index in [4.69, 9.17) is 4.74 Å². The fourth-order valence-corrected chi connectivity index (χ4v) is 5.06. The Morgan fingerprint density at radius 1 is 1.06 bits per heavy atom. The van der Waals surface area contributed by atoms with Gasteiger partial charge in [-0.3, -0.25) is 4.79 Å². The molecule has 182 valence electrons. The third-order valence-corrected chi connectivity index (χ3v) is 7.45. The molecule has 1 aliphatic heterocycles. The van der Waals surface area contributed by atoms with Gasteiger partial charge in [-0.05, 0) is 81.8 Å². The highest BCUT2D eigenvalue weighted by Gasteiger charge is 2.29. The Balaban J connectivity index is 1.33. The van der Waals surface area contributed by atoms with Crippen molar-refractivity contribution in [3.63, 3.8) is 0 Å². The number of aliphatic carboxylic acids is 1. The molecule has 5 nitrogen and oxygen atoms in total. The summed E-state index contributed by atoms with van der Waals surface area (Å²) in [5.74, 6) is -0.187. The van der Waals surface area contributed by atoms with E-state index in [2.05, 4.69) is 52.1 Å². The van der Waals surface area contributed by atoms with Crippen molar-refractivity contribution in [1.29, 1.82) is 0 Å². The van der Waals surface area contributed by atoms with Crippen LogP contribution in [0.3, 0.4) is 0 Å². The van der Waals surface area contributed by atoms with Crippen LogP contribution in [0.4, 0.5) is 0 Å². The summed E-state index contributed by atoms with van der Waals surface area (Å²) in [4.78, 5) is 14.1. The van der Waals surface area contributed by atoms with Gasteiger partial charge in [0.25, 0.3) is 0 Å². The summed E-state index contributed by atoms with van der Waals surface area (Å²) in [5.41, 5.74) is 4.07. The third-order valence-electron chi connectivity index (χ3n) is 7.45. The Labute approximate surface area is 203 Å². The quantitative estimate of drug-likeness (QED) is 0.407. The second kappa shape index (κ2) is 10.7. The molecule has 1 N–H and O–H groups in total. The first-order chi connectivity index (χ1) is 16.4. The van der Waals surface area contributed by atoms with Crippen LogP contribution in [0.2, 0.25) is 0 Å². The first-order valence-corrected chi connectivity index (χ1v) is 12.6. The number of likely N-dealkylation sites (tertiary alicyclic amines) is 1. The van der Waals surface area contributed by atoms with Gasteiger partial charge in [-0.2, -0.15) is 0 Å². The number of carboxylic acid groups (broad SMARTS) is 1. The molecule has 0 saturated carbocycles. The predicted molar refractivity (Wildman–Crippen MR) is 138 cm³/mol. The number of hydrogen-bond acceptors (Lipinski definition) is 3. The number of fused-ring (bicyclic) bond motifs is 1. The Bertz CT molecular complexity index is 1090. The lowest BCUT2D eigenvalue weighted by Crippen LogP contribution is -2.34. The van der Waals surface area contributed by atoms with Gasteiger partial charge in [0.15, 0.2) is 0 Å². The lowest BCUT2D eigenvalue weighted by Gasteiger charge is -2.32. The summed E-state index contributed by atoms with van der Waals surface area (Å²) in [6.45, 7) is 11.2. The molecule has 2 aromatic carbocycles. The number of benzene rings is 2. The SMILES string of the molecule is CCOCCn1cc(C2CCN(CCc3ccc(C(C)(C)C(=O)O)cc3)CC2)c2ccccc21. The summed E-state index contributed by atoms with van der Waals surface area (Å²) in [7, 11) is 0. The molecular weight excluding hydrogens is 424 g/mol. The number of aromatic nitrogens is 1. The van der Waals surface area contributed by atoms with Gasteiger partial charge in [-0.25, -0.2) is 0 Å². The van der Waals surface area contributed by atoms with Crippen LogP contribution in [0, 0.1) is 0 Å². The van der Waals surface area contributed by atoms with Gasteiger partial charge in [0.05, 0.1) is 12.0 Å². The minimum Gasteiger partial charge on any atom is -0.481 e. The maximum absolute atomic E-state index is 11.5. The van der Waals surface area contributed by atoms with Crippen LogP contribution in [0.5, 0.6) is 0 Å². The van der Waals surface area contributed by atoms with Crippen LogP contribution < -0.4 is 0 Å². The van der Waals surface area contributed by atoms with Crippen LogP contribution in [-0.4, -0.2) is 53.4 Å². The molecule has 1 aliphatic rings. The van der Waals surface area contributed by atoms with Crippen LogP contribution in [0.25, 0.3) is 10.9 Å². The van der Waals surface area contributed by atoms with E-state index in [-0.39, 0.29) is 0 Å². The summed E-state index contributed by atoms with van der Waals surface area (Å²) in [6, 6.07) is 16.9. The largest absolute Gasteiger partial charge is 0.481 e. The number of piperidine rings is 1. The van der Waals surface area contributed by atoms with Gasteiger partial charge in [-0.15, -0.1) is 0 Å². The standard InChI is InChI=1S/C29H38N2O3/c1-4-34-20-19-31-21-26(25-7-5-6-8-27(25)31)23-14-17-30(18-15-23)16-13-22-9-11-24(12-10-22)29(2,3)28(32)33/h5-12,21,23H,4,13-20H2,1-3H3,(H,32,33). The van der Waals surface area contributed by atoms with Crippen molar-refractivity contribution in [3.8, 4) is 0 Å². The molecule has 1 aromatic heterocycles. The Kier molecular flexibility index (Phi) is 7.74. The highest BCUT2D eigenvalue weighted by atomic mass is 16.5. The average molecular weight is 463 g/mol. The molecule has 0 unspecified atom stereocenters. The number of rotatable bonds is 10.